The SMILES string of the molecule is O=C1CCCCCC1CCCCO. The summed E-state index contributed by atoms with van der Waals surface area (Å²) < 4.78 is 0. The minimum absolute atomic E-state index is 0.265. The molecule has 76 valence electrons. The molecule has 0 aliphatic heterocycles. The van der Waals surface area contributed by atoms with E-state index in [1.165, 1.54) is 12.8 Å². The van der Waals surface area contributed by atoms with E-state index in [1.54, 1.807) is 0 Å². The number of carbonyl (C=O) groups excluding carboxylic acids is 1. The first-order chi connectivity index (χ1) is 6.34. The number of aliphatic hydroxyl groups excluding tert-OH is 1. The first-order valence-corrected chi connectivity index (χ1v) is 5.48. The van der Waals surface area contributed by atoms with Crippen LogP contribution in [-0.2, 0) is 4.79 Å². The van der Waals surface area contributed by atoms with Crippen LogP contribution in [0.5, 0.6) is 0 Å². The van der Waals surface area contributed by atoms with Crippen LogP contribution in [0.1, 0.15) is 51.4 Å². The van der Waals surface area contributed by atoms with Crippen molar-refractivity contribution in [1.82, 2.24) is 0 Å². The molecule has 0 saturated heterocycles. The van der Waals surface area contributed by atoms with Crippen LogP contribution in [0.2, 0.25) is 0 Å². The largest absolute Gasteiger partial charge is 0.396 e. The van der Waals surface area contributed by atoms with Crippen LogP contribution in [0, 0.1) is 5.92 Å². The number of Topliss-reactive ketones (excluding diaryl/α,β-unsaturated/α-hetero) is 1. The fourth-order valence-electron chi connectivity index (χ4n) is 2.04. The molecule has 1 aliphatic carbocycles. The zero-order valence-corrected chi connectivity index (χ0v) is 8.30. The Balaban J connectivity index is 2.24. The van der Waals surface area contributed by atoms with Crippen LogP contribution in [-0.4, -0.2) is 17.5 Å². The van der Waals surface area contributed by atoms with Crippen LogP contribution in [0.25, 0.3) is 0 Å². The van der Waals surface area contributed by atoms with Gasteiger partial charge >= 0.3 is 0 Å². The summed E-state index contributed by atoms with van der Waals surface area (Å²) in [6.07, 6.45) is 8.28. The molecule has 0 amide bonds. The maximum Gasteiger partial charge on any atom is 0.135 e. The minimum Gasteiger partial charge on any atom is -0.396 e. The molecule has 0 heterocycles. The van der Waals surface area contributed by atoms with Gasteiger partial charge in [0.2, 0.25) is 0 Å². The van der Waals surface area contributed by atoms with Gasteiger partial charge in [-0.15, -0.1) is 0 Å². The summed E-state index contributed by atoms with van der Waals surface area (Å²) in [4.78, 5) is 11.5. The second-order valence-electron chi connectivity index (χ2n) is 3.98. The Hall–Kier alpha value is -0.370. The Morgan fingerprint density at radius 3 is 2.85 bits per heavy atom. The smallest absolute Gasteiger partial charge is 0.135 e. The van der Waals surface area contributed by atoms with Crippen LogP contribution in [0.3, 0.4) is 0 Å². The van der Waals surface area contributed by atoms with Gasteiger partial charge in [-0.1, -0.05) is 19.3 Å². The average Bonchev–Trinajstić information content (AvgIpc) is 2.32. The molecule has 1 aliphatic rings. The van der Waals surface area contributed by atoms with Gasteiger partial charge in [0.05, 0.1) is 0 Å². The van der Waals surface area contributed by atoms with E-state index >= 15 is 0 Å². The quantitative estimate of drug-likeness (QED) is 0.537. The number of aliphatic hydroxyl groups is 1. The Morgan fingerprint density at radius 2 is 2.08 bits per heavy atom. The summed E-state index contributed by atoms with van der Waals surface area (Å²) in [6.45, 7) is 0.265. The van der Waals surface area contributed by atoms with Gasteiger partial charge < -0.3 is 5.11 Å². The van der Waals surface area contributed by atoms with Gasteiger partial charge in [0.1, 0.15) is 5.78 Å². The van der Waals surface area contributed by atoms with Crippen molar-refractivity contribution in [3.8, 4) is 0 Å². The van der Waals surface area contributed by atoms with Crippen molar-refractivity contribution >= 4 is 5.78 Å². The normalized spacial score (nSPS) is 24.4. The van der Waals surface area contributed by atoms with E-state index in [0.717, 1.165) is 38.5 Å². The molecule has 0 spiro atoms. The molecule has 1 saturated carbocycles. The van der Waals surface area contributed by atoms with Gasteiger partial charge in [-0.25, -0.2) is 0 Å². The Kier molecular flexibility index (Phi) is 5.06. The summed E-state index contributed by atoms with van der Waals surface area (Å²) in [5.41, 5.74) is 0. The highest BCUT2D eigenvalue weighted by Crippen LogP contribution is 2.24. The van der Waals surface area contributed by atoms with E-state index in [-0.39, 0.29) is 6.61 Å². The lowest BCUT2D eigenvalue weighted by Crippen LogP contribution is -2.12. The van der Waals surface area contributed by atoms with Crippen LogP contribution in [0.15, 0.2) is 0 Å². The molecular formula is C11H20O2. The van der Waals surface area contributed by atoms with E-state index in [4.69, 9.17) is 5.11 Å². The second-order valence-corrected chi connectivity index (χ2v) is 3.98. The molecule has 0 aromatic heterocycles. The molecule has 0 bridgehead atoms. The van der Waals surface area contributed by atoms with Crippen LogP contribution >= 0.6 is 0 Å². The molecule has 0 aromatic carbocycles. The lowest BCUT2D eigenvalue weighted by molar-refractivity contribution is -0.123. The fraction of sp³-hybridized carbons (Fsp3) is 0.909. The fourth-order valence-corrected chi connectivity index (χ4v) is 2.04. The summed E-state index contributed by atoms with van der Waals surface area (Å²) in [5.74, 6) is 0.782. The molecule has 1 rings (SSSR count). The zero-order chi connectivity index (χ0) is 9.52. The molecular weight excluding hydrogens is 164 g/mol. The Morgan fingerprint density at radius 1 is 1.23 bits per heavy atom. The maximum atomic E-state index is 11.5. The summed E-state index contributed by atoms with van der Waals surface area (Å²) in [7, 11) is 0. The van der Waals surface area contributed by atoms with Crippen molar-refractivity contribution in [1.29, 1.82) is 0 Å². The lowest BCUT2D eigenvalue weighted by Gasteiger charge is -2.11. The molecule has 1 unspecified atom stereocenters. The molecule has 1 fully saturated rings. The average molecular weight is 184 g/mol. The molecule has 0 aromatic rings. The van der Waals surface area contributed by atoms with E-state index in [0.29, 0.717) is 11.7 Å². The molecule has 2 nitrogen and oxygen atoms in total. The van der Waals surface area contributed by atoms with E-state index in [9.17, 15) is 4.79 Å². The van der Waals surface area contributed by atoms with Crippen molar-refractivity contribution in [2.75, 3.05) is 6.61 Å². The first-order valence-electron chi connectivity index (χ1n) is 5.48. The third-order valence-electron chi connectivity index (χ3n) is 2.89. The summed E-state index contributed by atoms with van der Waals surface area (Å²) >= 11 is 0. The Bertz CT molecular complexity index is 154. The number of hydrogen-bond donors (Lipinski definition) is 1. The maximum absolute atomic E-state index is 11.5. The van der Waals surface area contributed by atoms with Gasteiger partial charge in [0, 0.05) is 18.9 Å². The zero-order valence-electron chi connectivity index (χ0n) is 8.30. The minimum atomic E-state index is 0.265. The highest BCUT2D eigenvalue weighted by molar-refractivity contribution is 5.81. The van der Waals surface area contributed by atoms with Gasteiger partial charge in [-0.05, 0) is 25.7 Å². The number of rotatable bonds is 4. The lowest BCUT2D eigenvalue weighted by atomic mass is 9.93. The molecule has 2 heteroatoms. The van der Waals surface area contributed by atoms with Gasteiger partial charge in [0.15, 0.2) is 0 Å². The molecule has 13 heavy (non-hydrogen) atoms. The van der Waals surface area contributed by atoms with Crippen LogP contribution < -0.4 is 0 Å². The molecule has 0 radical (unpaired) electrons. The van der Waals surface area contributed by atoms with Gasteiger partial charge in [-0.2, -0.15) is 0 Å². The first kappa shape index (κ1) is 10.7. The summed E-state index contributed by atoms with van der Waals surface area (Å²) in [6, 6.07) is 0. The van der Waals surface area contributed by atoms with Crippen molar-refractivity contribution in [2.24, 2.45) is 5.92 Å². The highest BCUT2D eigenvalue weighted by Gasteiger charge is 2.19. The van der Waals surface area contributed by atoms with Crippen LogP contribution in [0.4, 0.5) is 0 Å². The monoisotopic (exact) mass is 184 g/mol. The topological polar surface area (TPSA) is 37.3 Å². The predicted octanol–water partition coefficient (Wildman–Crippen LogP) is 2.30. The molecule has 1 N–H and O–H groups in total. The van der Waals surface area contributed by atoms with Gasteiger partial charge in [0.25, 0.3) is 0 Å². The summed E-state index contributed by atoms with van der Waals surface area (Å²) in [5, 5.41) is 8.63. The third kappa shape index (κ3) is 3.90. The number of ketones is 1. The predicted molar refractivity (Wildman–Crippen MR) is 52.5 cm³/mol. The van der Waals surface area contributed by atoms with Crippen molar-refractivity contribution in [3.05, 3.63) is 0 Å². The standard InChI is InChI=1S/C11H20O2/c12-9-5-4-7-10-6-2-1-3-8-11(10)13/h10,12H,1-9H2. The third-order valence-corrected chi connectivity index (χ3v) is 2.89. The van der Waals surface area contributed by atoms with Gasteiger partial charge in [-0.3, -0.25) is 4.79 Å². The number of hydrogen-bond acceptors (Lipinski definition) is 2. The van der Waals surface area contributed by atoms with E-state index < -0.39 is 0 Å². The van der Waals surface area contributed by atoms with E-state index in [2.05, 4.69) is 0 Å². The van der Waals surface area contributed by atoms with Crippen molar-refractivity contribution in [3.63, 3.8) is 0 Å². The van der Waals surface area contributed by atoms with Crippen molar-refractivity contribution < 1.29 is 9.90 Å². The highest BCUT2D eigenvalue weighted by atomic mass is 16.2. The number of carbonyl (C=O) groups is 1. The number of unbranched alkanes of at least 4 members (excludes halogenated alkanes) is 1. The second kappa shape index (κ2) is 6.14. The van der Waals surface area contributed by atoms with E-state index in [1.807, 2.05) is 0 Å². The van der Waals surface area contributed by atoms with Crippen molar-refractivity contribution in [2.45, 2.75) is 51.4 Å². The molecule has 1 atom stereocenters. The Labute approximate surface area is 80.3 Å².